The van der Waals surface area contributed by atoms with Gasteiger partial charge >= 0.3 is 0 Å². The summed E-state index contributed by atoms with van der Waals surface area (Å²) in [6.07, 6.45) is 5.54. The Labute approximate surface area is 139 Å². The van der Waals surface area contributed by atoms with Crippen LogP contribution in [0.1, 0.15) is 37.7 Å². The number of hydrogen-bond acceptors (Lipinski definition) is 3. The van der Waals surface area contributed by atoms with Crippen LogP contribution in [-0.4, -0.2) is 59.1 Å². The normalized spacial score (nSPS) is 25.7. The highest BCUT2D eigenvalue weighted by Gasteiger charge is 2.33. The summed E-state index contributed by atoms with van der Waals surface area (Å²) in [6, 6.07) is 10.7. The van der Waals surface area contributed by atoms with Crippen LogP contribution in [0.25, 0.3) is 0 Å². The first-order valence-electron chi connectivity index (χ1n) is 8.98. The van der Waals surface area contributed by atoms with Crippen molar-refractivity contribution in [3.63, 3.8) is 0 Å². The number of rotatable bonds is 5. The van der Waals surface area contributed by atoms with E-state index in [1.165, 1.54) is 5.56 Å². The Morgan fingerprint density at radius 3 is 2.48 bits per heavy atom. The van der Waals surface area contributed by atoms with E-state index in [1.807, 2.05) is 23.1 Å². The number of carbonyl (C=O) groups excluding carboxylic acids is 1. The fourth-order valence-electron chi connectivity index (χ4n) is 3.90. The smallest absolute Gasteiger partial charge is 0.222 e. The maximum Gasteiger partial charge on any atom is 0.222 e. The Bertz CT molecular complexity index is 497. The largest absolute Gasteiger partial charge is 0.391 e. The maximum atomic E-state index is 12.3. The van der Waals surface area contributed by atoms with E-state index in [4.69, 9.17) is 0 Å². The fourth-order valence-corrected chi connectivity index (χ4v) is 3.90. The van der Waals surface area contributed by atoms with Gasteiger partial charge in [-0.05, 0) is 37.7 Å². The highest BCUT2D eigenvalue weighted by Crippen LogP contribution is 2.25. The molecule has 1 heterocycles. The lowest BCUT2D eigenvalue weighted by atomic mass is 10.1. The number of benzene rings is 1. The average Bonchev–Trinajstić information content (AvgIpc) is 3.02. The first-order valence-corrected chi connectivity index (χ1v) is 8.98. The van der Waals surface area contributed by atoms with Crippen molar-refractivity contribution in [2.24, 2.45) is 0 Å². The van der Waals surface area contributed by atoms with Gasteiger partial charge in [-0.2, -0.15) is 0 Å². The molecule has 1 saturated carbocycles. The second-order valence-electron chi connectivity index (χ2n) is 6.82. The van der Waals surface area contributed by atoms with Gasteiger partial charge in [0.25, 0.3) is 0 Å². The zero-order chi connectivity index (χ0) is 16.1. The van der Waals surface area contributed by atoms with Crippen molar-refractivity contribution < 1.29 is 9.90 Å². The molecular weight excluding hydrogens is 288 g/mol. The molecule has 2 aliphatic rings. The van der Waals surface area contributed by atoms with Crippen molar-refractivity contribution in [1.82, 2.24) is 9.80 Å². The number of aliphatic hydroxyl groups is 1. The van der Waals surface area contributed by atoms with E-state index in [-0.39, 0.29) is 12.0 Å². The molecule has 23 heavy (non-hydrogen) atoms. The molecule has 0 spiro atoms. The van der Waals surface area contributed by atoms with Crippen molar-refractivity contribution in [2.45, 2.75) is 50.7 Å². The Morgan fingerprint density at radius 1 is 1.09 bits per heavy atom. The zero-order valence-electron chi connectivity index (χ0n) is 13.9. The Balaban J connectivity index is 1.38. The zero-order valence-corrected chi connectivity index (χ0v) is 13.9. The van der Waals surface area contributed by atoms with Crippen LogP contribution in [-0.2, 0) is 11.2 Å². The van der Waals surface area contributed by atoms with Crippen LogP contribution in [0.15, 0.2) is 30.3 Å². The van der Waals surface area contributed by atoms with Gasteiger partial charge in [-0.3, -0.25) is 9.69 Å². The van der Waals surface area contributed by atoms with E-state index < -0.39 is 0 Å². The molecule has 2 fully saturated rings. The SMILES string of the molecule is O=C(CCCc1ccccc1)N1CCN(C2CCCC2O)CC1. The third kappa shape index (κ3) is 4.33. The van der Waals surface area contributed by atoms with E-state index in [0.29, 0.717) is 12.5 Å². The molecule has 4 heteroatoms. The average molecular weight is 316 g/mol. The molecule has 3 rings (SSSR count). The summed E-state index contributed by atoms with van der Waals surface area (Å²) in [5.74, 6) is 0.285. The van der Waals surface area contributed by atoms with Crippen LogP contribution in [0.3, 0.4) is 0 Å². The van der Waals surface area contributed by atoms with Gasteiger partial charge in [0.05, 0.1) is 6.10 Å². The van der Waals surface area contributed by atoms with Crippen LogP contribution in [0, 0.1) is 0 Å². The molecule has 2 unspecified atom stereocenters. The lowest BCUT2D eigenvalue weighted by molar-refractivity contribution is -0.133. The van der Waals surface area contributed by atoms with Crippen LogP contribution < -0.4 is 0 Å². The number of aliphatic hydroxyl groups excluding tert-OH is 1. The summed E-state index contributed by atoms with van der Waals surface area (Å²) in [5, 5.41) is 10.0. The Kier molecular flexibility index (Phi) is 5.68. The van der Waals surface area contributed by atoms with Gasteiger partial charge in [-0.1, -0.05) is 30.3 Å². The van der Waals surface area contributed by atoms with Gasteiger partial charge in [0.15, 0.2) is 0 Å². The molecule has 1 aromatic carbocycles. The minimum atomic E-state index is -0.164. The van der Waals surface area contributed by atoms with Crippen LogP contribution in [0.2, 0.25) is 0 Å². The molecule has 126 valence electrons. The second-order valence-corrected chi connectivity index (χ2v) is 6.82. The molecular formula is C19H28N2O2. The summed E-state index contributed by atoms with van der Waals surface area (Å²) in [5.41, 5.74) is 1.31. The summed E-state index contributed by atoms with van der Waals surface area (Å²) in [4.78, 5) is 16.7. The van der Waals surface area contributed by atoms with Gasteiger partial charge < -0.3 is 10.0 Å². The van der Waals surface area contributed by atoms with Crippen molar-refractivity contribution in [2.75, 3.05) is 26.2 Å². The standard InChI is InChI=1S/C19H28N2O2/c22-18-10-5-9-17(18)20-12-14-21(15-13-20)19(23)11-4-8-16-6-2-1-3-7-16/h1-3,6-7,17-18,22H,4-5,8-15H2. The summed E-state index contributed by atoms with van der Waals surface area (Å²) in [6.45, 7) is 3.44. The lowest BCUT2D eigenvalue weighted by Gasteiger charge is -2.39. The van der Waals surface area contributed by atoms with Gasteiger partial charge in [-0.15, -0.1) is 0 Å². The quantitative estimate of drug-likeness (QED) is 0.904. The van der Waals surface area contributed by atoms with Crippen LogP contribution in [0.5, 0.6) is 0 Å². The van der Waals surface area contributed by atoms with Gasteiger partial charge in [0.1, 0.15) is 0 Å². The van der Waals surface area contributed by atoms with Crippen molar-refractivity contribution in [1.29, 1.82) is 0 Å². The van der Waals surface area contributed by atoms with Gasteiger partial charge in [-0.25, -0.2) is 0 Å². The van der Waals surface area contributed by atoms with Gasteiger partial charge in [0.2, 0.25) is 5.91 Å². The van der Waals surface area contributed by atoms with E-state index in [9.17, 15) is 9.90 Å². The van der Waals surface area contributed by atoms with Gasteiger partial charge in [0, 0.05) is 38.6 Å². The first-order chi connectivity index (χ1) is 11.2. The molecule has 0 bridgehead atoms. The summed E-state index contributed by atoms with van der Waals surface area (Å²) < 4.78 is 0. The third-order valence-electron chi connectivity index (χ3n) is 5.28. The van der Waals surface area contributed by atoms with Crippen LogP contribution >= 0.6 is 0 Å². The van der Waals surface area contributed by atoms with E-state index in [0.717, 1.165) is 58.3 Å². The highest BCUT2D eigenvalue weighted by atomic mass is 16.3. The fraction of sp³-hybridized carbons (Fsp3) is 0.632. The van der Waals surface area contributed by atoms with Crippen LogP contribution in [0.4, 0.5) is 0 Å². The molecule has 0 radical (unpaired) electrons. The molecule has 1 aliphatic carbocycles. The maximum absolute atomic E-state index is 12.3. The van der Waals surface area contributed by atoms with Crippen molar-refractivity contribution >= 4 is 5.91 Å². The summed E-state index contributed by atoms with van der Waals surface area (Å²) >= 11 is 0. The molecule has 1 aromatic rings. The molecule has 1 saturated heterocycles. The van der Waals surface area contributed by atoms with Crippen molar-refractivity contribution in [3.8, 4) is 0 Å². The number of piperazine rings is 1. The predicted octanol–water partition coefficient (Wildman–Crippen LogP) is 2.07. The molecule has 2 atom stereocenters. The van der Waals surface area contributed by atoms with Crippen molar-refractivity contribution in [3.05, 3.63) is 35.9 Å². The van der Waals surface area contributed by atoms with E-state index in [1.54, 1.807) is 0 Å². The van der Waals surface area contributed by atoms with E-state index in [2.05, 4.69) is 17.0 Å². The molecule has 1 amide bonds. The minimum Gasteiger partial charge on any atom is -0.391 e. The number of nitrogens with zero attached hydrogens (tertiary/aromatic N) is 2. The monoisotopic (exact) mass is 316 g/mol. The second kappa shape index (κ2) is 7.93. The summed E-state index contributed by atoms with van der Waals surface area (Å²) in [7, 11) is 0. The molecule has 0 aromatic heterocycles. The molecule has 4 nitrogen and oxygen atoms in total. The molecule has 1 aliphatic heterocycles. The third-order valence-corrected chi connectivity index (χ3v) is 5.28. The highest BCUT2D eigenvalue weighted by molar-refractivity contribution is 5.76. The van der Waals surface area contributed by atoms with E-state index >= 15 is 0 Å². The first kappa shape index (κ1) is 16.5. The number of aryl methyl sites for hydroxylation is 1. The Hall–Kier alpha value is -1.39. The molecule has 1 N–H and O–H groups in total. The number of carbonyl (C=O) groups is 1. The lowest BCUT2D eigenvalue weighted by Crippen LogP contribution is -2.53. The predicted molar refractivity (Wildman–Crippen MR) is 91.2 cm³/mol. The minimum absolute atomic E-state index is 0.164. The Morgan fingerprint density at radius 2 is 1.83 bits per heavy atom. The number of amides is 1. The topological polar surface area (TPSA) is 43.8 Å². The number of hydrogen-bond donors (Lipinski definition) is 1.